The molecule has 0 atom stereocenters. The number of anilines is 1. The quantitative estimate of drug-likeness (QED) is 0.376. The second-order valence-electron chi connectivity index (χ2n) is 5.63. The van der Waals surface area contributed by atoms with Gasteiger partial charge in [0.1, 0.15) is 0 Å². The van der Waals surface area contributed by atoms with Crippen molar-refractivity contribution in [1.82, 2.24) is 19.7 Å². The van der Waals surface area contributed by atoms with Gasteiger partial charge in [-0.25, -0.2) is 4.98 Å². The Labute approximate surface area is 169 Å². The van der Waals surface area contributed by atoms with Gasteiger partial charge in [-0.3, -0.25) is 9.36 Å². The fourth-order valence-electron chi connectivity index (χ4n) is 2.53. The number of carbonyl (C=O) groups is 1. The van der Waals surface area contributed by atoms with Gasteiger partial charge >= 0.3 is 0 Å². The van der Waals surface area contributed by atoms with E-state index < -0.39 is 0 Å². The van der Waals surface area contributed by atoms with E-state index in [1.807, 2.05) is 41.0 Å². The van der Waals surface area contributed by atoms with Gasteiger partial charge in [0.25, 0.3) is 0 Å². The standard InChI is InChI=1S/C19H14ClN5O2S/c20-17-14(8-4-10-21-17)22-16(26)12-28-19-24-23-18(15-9-5-11-27-15)25(19)13-6-2-1-3-7-13/h1-11H,12H2,(H,22,26). The number of carbonyl (C=O) groups excluding carboxylic acids is 1. The molecule has 0 aliphatic rings. The van der Waals surface area contributed by atoms with E-state index in [1.165, 1.54) is 11.8 Å². The fraction of sp³-hybridized carbons (Fsp3) is 0.0526. The number of pyridine rings is 1. The number of halogens is 1. The van der Waals surface area contributed by atoms with Gasteiger partial charge < -0.3 is 9.73 Å². The molecule has 4 rings (SSSR count). The third-order valence-electron chi connectivity index (χ3n) is 3.75. The van der Waals surface area contributed by atoms with Crippen LogP contribution in [0.1, 0.15) is 0 Å². The van der Waals surface area contributed by atoms with E-state index in [0.29, 0.717) is 22.4 Å². The normalized spacial score (nSPS) is 10.8. The molecular weight excluding hydrogens is 398 g/mol. The molecule has 0 saturated heterocycles. The Hall–Kier alpha value is -3.10. The molecule has 1 N–H and O–H groups in total. The molecular formula is C19H14ClN5O2S. The first-order valence-corrected chi connectivity index (χ1v) is 9.66. The van der Waals surface area contributed by atoms with Crippen LogP contribution < -0.4 is 5.32 Å². The van der Waals surface area contributed by atoms with Gasteiger partial charge in [0, 0.05) is 11.9 Å². The lowest BCUT2D eigenvalue weighted by Crippen LogP contribution is -2.15. The highest BCUT2D eigenvalue weighted by molar-refractivity contribution is 7.99. The van der Waals surface area contributed by atoms with Gasteiger partial charge in [0.2, 0.25) is 11.7 Å². The topological polar surface area (TPSA) is 85.8 Å². The predicted octanol–water partition coefficient (Wildman–Crippen LogP) is 4.31. The highest BCUT2D eigenvalue weighted by Crippen LogP contribution is 2.28. The summed E-state index contributed by atoms with van der Waals surface area (Å²) in [7, 11) is 0. The third kappa shape index (κ3) is 3.92. The lowest BCUT2D eigenvalue weighted by atomic mass is 10.3. The van der Waals surface area contributed by atoms with Crippen LogP contribution in [0.4, 0.5) is 5.69 Å². The predicted molar refractivity (Wildman–Crippen MR) is 108 cm³/mol. The van der Waals surface area contributed by atoms with Crippen LogP contribution in [-0.4, -0.2) is 31.4 Å². The van der Waals surface area contributed by atoms with E-state index in [-0.39, 0.29) is 16.8 Å². The summed E-state index contributed by atoms with van der Waals surface area (Å²) in [5, 5.41) is 12.1. The molecule has 0 aliphatic carbocycles. The zero-order chi connectivity index (χ0) is 19.3. The summed E-state index contributed by atoms with van der Waals surface area (Å²) >= 11 is 7.25. The van der Waals surface area contributed by atoms with Gasteiger partial charge in [-0.15, -0.1) is 10.2 Å². The second-order valence-corrected chi connectivity index (χ2v) is 6.93. The van der Waals surface area contributed by atoms with E-state index in [2.05, 4.69) is 20.5 Å². The van der Waals surface area contributed by atoms with Crippen LogP contribution in [-0.2, 0) is 4.79 Å². The molecule has 0 aliphatic heterocycles. The van der Waals surface area contributed by atoms with E-state index >= 15 is 0 Å². The van der Waals surface area contributed by atoms with Crippen LogP contribution in [0.2, 0.25) is 5.15 Å². The summed E-state index contributed by atoms with van der Waals surface area (Å²) in [5.41, 5.74) is 1.34. The number of aromatic nitrogens is 4. The van der Waals surface area contributed by atoms with E-state index in [1.54, 1.807) is 30.7 Å². The Morgan fingerprint density at radius 1 is 1.11 bits per heavy atom. The van der Waals surface area contributed by atoms with Crippen molar-refractivity contribution in [3.05, 3.63) is 72.2 Å². The average Bonchev–Trinajstić information content (AvgIpc) is 3.38. The molecule has 0 fully saturated rings. The van der Waals surface area contributed by atoms with Gasteiger partial charge in [-0.05, 0) is 36.4 Å². The zero-order valence-corrected chi connectivity index (χ0v) is 16.0. The molecule has 0 spiro atoms. The lowest BCUT2D eigenvalue weighted by Gasteiger charge is -2.09. The Balaban J connectivity index is 1.56. The molecule has 28 heavy (non-hydrogen) atoms. The van der Waals surface area contributed by atoms with Gasteiger partial charge in [-0.1, -0.05) is 41.6 Å². The van der Waals surface area contributed by atoms with Crippen LogP contribution in [0.5, 0.6) is 0 Å². The maximum absolute atomic E-state index is 12.3. The number of para-hydroxylation sites is 1. The SMILES string of the molecule is O=C(CSc1nnc(-c2ccco2)n1-c1ccccc1)Nc1cccnc1Cl. The number of nitrogens with one attached hydrogen (secondary N) is 1. The van der Waals surface area contributed by atoms with Gasteiger partial charge in [0.15, 0.2) is 16.1 Å². The summed E-state index contributed by atoms with van der Waals surface area (Å²) in [6.45, 7) is 0. The highest BCUT2D eigenvalue weighted by Gasteiger charge is 2.19. The lowest BCUT2D eigenvalue weighted by molar-refractivity contribution is -0.113. The van der Waals surface area contributed by atoms with Crippen LogP contribution in [0.3, 0.4) is 0 Å². The molecule has 0 bridgehead atoms. The Kier molecular flexibility index (Phi) is 5.41. The maximum Gasteiger partial charge on any atom is 0.234 e. The van der Waals surface area contributed by atoms with Crippen molar-refractivity contribution in [1.29, 1.82) is 0 Å². The van der Waals surface area contributed by atoms with Crippen molar-refractivity contribution in [3.63, 3.8) is 0 Å². The highest BCUT2D eigenvalue weighted by atomic mass is 35.5. The van der Waals surface area contributed by atoms with Crippen molar-refractivity contribution in [2.24, 2.45) is 0 Å². The van der Waals surface area contributed by atoms with Crippen molar-refractivity contribution < 1.29 is 9.21 Å². The van der Waals surface area contributed by atoms with Crippen LogP contribution in [0.15, 0.2) is 76.6 Å². The molecule has 0 radical (unpaired) electrons. The van der Waals surface area contributed by atoms with E-state index in [4.69, 9.17) is 16.0 Å². The van der Waals surface area contributed by atoms with Crippen molar-refractivity contribution in [2.75, 3.05) is 11.1 Å². The second kappa shape index (κ2) is 8.28. The monoisotopic (exact) mass is 411 g/mol. The molecule has 3 aromatic heterocycles. The zero-order valence-electron chi connectivity index (χ0n) is 14.4. The minimum Gasteiger partial charge on any atom is -0.461 e. The van der Waals surface area contributed by atoms with Crippen molar-refractivity contribution in [3.8, 4) is 17.3 Å². The van der Waals surface area contributed by atoms with Gasteiger partial charge in [0.05, 0.1) is 17.7 Å². The first kappa shape index (κ1) is 18.3. The largest absolute Gasteiger partial charge is 0.461 e. The molecule has 0 unspecified atom stereocenters. The maximum atomic E-state index is 12.3. The minimum absolute atomic E-state index is 0.133. The average molecular weight is 412 g/mol. The van der Waals surface area contributed by atoms with Crippen molar-refractivity contribution >= 4 is 35.0 Å². The van der Waals surface area contributed by atoms with Crippen LogP contribution >= 0.6 is 23.4 Å². The number of thioether (sulfide) groups is 1. The number of hydrogen-bond donors (Lipinski definition) is 1. The Bertz CT molecular complexity index is 1080. The Morgan fingerprint density at radius 3 is 2.71 bits per heavy atom. The number of rotatable bonds is 6. The summed E-state index contributed by atoms with van der Waals surface area (Å²) < 4.78 is 7.33. The minimum atomic E-state index is -0.220. The Morgan fingerprint density at radius 2 is 1.96 bits per heavy atom. The number of amides is 1. The first-order chi connectivity index (χ1) is 13.7. The van der Waals surface area contributed by atoms with Crippen molar-refractivity contribution in [2.45, 2.75) is 5.16 Å². The van der Waals surface area contributed by atoms with E-state index in [9.17, 15) is 4.79 Å². The summed E-state index contributed by atoms with van der Waals surface area (Å²) in [6.07, 6.45) is 3.14. The summed E-state index contributed by atoms with van der Waals surface area (Å²) in [4.78, 5) is 16.3. The van der Waals surface area contributed by atoms with Crippen LogP contribution in [0.25, 0.3) is 17.3 Å². The molecule has 7 nitrogen and oxygen atoms in total. The molecule has 9 heteroatoms. The van der Waals surface area contributed by atoms with Crippen LogP contribution in [0, 0.1) is 0 Å². The molecule has 140 valence electrons. The molecule has 1 amide bonds. The number of nitrogens with zero attached hydrogens (tertiary/aromatic N) is 4. The molecule has 0 saturated carbocycles. The third-order valence-corrected chi connectivity index (χ3v) is 4.98. The molecule has 3 heterocycles. The molecule has 4 aromatic rings. The number of hydrogen-bond acceptors (Lipinski definition) is 6. The summed E-state index contributed by atoms with van der Waals surface area (Å²) in [5.74, 6) is 1.07. The molecule has 1 aromatic carbocycles. The fourth-order valence-corrected chi connectivity index (χ4v) is 3.45. The number of furan rings is 1. The number of benzene rings is 1. The smallest absolute Gasteiger partial charge is 0.234 e. The first-order valence-electron chi connectivity index (χ1n) is 8.30. The van der Waals surface area contributed by atoms with E-state index in [0.717, 1.165) is 5.69 Å². The summed E-state index contributed by atoms with van der Waals surface area (Å²) in [6, 6.07) is 16.7. The van der Waals surface area contributed by atoms with Gasteiger partial charge in [-0.2, -0.15) is 0 Å².